The molecule has 0 aliphatic heterocycles. The highest BCUT2D eigenvalue weighted by atomic mass is 32.2. The van der Waals surface area contributed by atoms with Crippen LogP contribution in [0.5, 0.6) is 0 Å². The average Bonchev–Trinajstić information content (AvgIpc) is 2.89. The van der Waals surface area contributed by atoms with Gasteiger partial charge in [-0.2, -0.15) is 11.3 Å². The minimum Gasteiger partial charge on any atom is -0.381 e. The van der Waals surface area contributed by atoms with Gasteiger partial charge in [0.15, 0.2) is 0 Å². The molecule has 6 heteroatoms. The molecule has 0 spiro atoms. The lowest BCUT2D eigenvalue weighted by Gasteiger charge is -2.12. The summed E-state index contributed by atoms with van der Waals surface area (Å²) in [5.41, 5.74) is 1.99. The van der Waals surface area contributed by atoms with Crippen molar-refractivity contribution in [3.63, 3.8) is 0 Å². The zero-order valence-electron chi connectivity index (χ0n) is 10.8. The summed E-state index contributed by atoms with van der Waals surface area (Å²) in [6.45, 7) is 0.689. The molecule has 1 N–H and O–H groups in total. The molecule has 2 rings (SSSR count). The van der Waals surface area contributed by atoms with Crippen molar-refractivity contribution < 1.29 is 8.42 Å². The molecule has 0 amide bonds. The van der Waals surface area contributed by atoms with E-state index in [1.807, 2.05) is 17.5 Å². The molecule has 1 heterocycles. The van der Waals surface area contributed by atoms with E-state index in [4.69, 9.17) is 0 Å². The van der Waals surface area contributed by atoms with Gasteiger partial charge in [-0.3, -0.25) is 0 Å². The Morgan fingerprint density at radius 2 is 2.05 bits per heavy atom. The smallest absolute Gasteiger partial charge is 0.242 e. The maximum absolute atomic E-state index is 12.0. The normalized spacial score (nSPS) is 11.7. The van der Waals surface area contributed by atoms with E-state index in [1.165, 1.54) is 24.0 Å². The van der Waals surface area contributed by atoms with Gasteiger partial charge in [0.05, 0.1) is 4.90 Å². The Morgan fingerprint density at radius 1 is 1.26 bits per heavy atom. The fourth-order valence-corrected chi connectivity index (χ4v) is 3.19. The van der Waals surface area contributed by atoms with Crippen molar-refractivity contribution in [3.8, 4) is 0 Å². The van der Waals surface area contributed by atoms with Crippen LogP contribution in [0.25, 0.3) is 0 Å². The van der Waals surface area contributed by atoms with Gasteiger partial charge in [-0.15, -0.1) is 0 Å². The molecule has 1 aromatic heterocycles. The molecule has 0 aliphatic carbocycles. The number of benzene rings is 1. The molecule has 0 radical (unpaired) electrons. The number of nitrogens with one attached hydrogen (secondary N) is 1. The first-order chi connectivity index (χ1) is 9.00. The molecule has 0 bridgehead atoms. The Morgan fingerprint density at radius 3 is 2.68 bits per heavy atom. The fourth-order valence-electron chi connectivity index (χ4n) is 1.57. The number of thiophene rings is 1. The van der Waals surface area contributed by atoms with Crippen molar-refractivity contribution in [2.24, 2.45) is 0 Å². The van der Waals surface area contributed by atoms with Gasteiger partial charge in [-0.25, -0.2) is 12.7 Å². The lowest BCUT2D eigenvalue weighted by atomic mass is 10.3. The third kappa shape index (κ3) is 3.34. The first-order valence-electron chi connectivity index (χ1n) is 5.78. The maximum atomic E-state index is 12.0. The number of hydrogen-bond donors (Lipinski definition) is 1. The molecular weight excluding hydrogens is 280 g/mol. The van der Waals surface area contributed by atoms with Gasteiger partial charge in [-0.05, 0) is 40.6 Å². The van der Waals surface area contributed by atoms with Crippen LogP contribution >= 0.6 is 11.3 Å². The maximum Gasteiger partial charge on any atom is 0.242 e. The minimum atomic E-state index is -3.38. The zero-order chi connectivity index (χ0) is 13.9. The summed E-state index contributed by atoms with van der Waals surface area (Å²) < 4.78 is 25.2. The van der Waals surface area contributed by atoms with Crippen LogP contribution in [-0.4, -0.2) is 26.8 Å². The predicted octanol–water partition coefficient (Wildman–Crippen LogP) is 2.61. The summed E-state index contributed by atoms with van der Waals surface area (Å²) in [5, 5.41) is 7.30. The summed E-state index contributed by atoms with van der Waals surface area (Å²) in [7, 11) is -0.319. The molecule has 0 saturated heterocycles. The van der Waals surface area contributed by atoms with Crippen molar-refractivity contribution in [3.05, 3.63) is 46.7 Å². The van der Waals surface area contributed by atoms with Crippen LogP contribution < -0.4 is 5.32 Å². The Hall–Kier alpha value is -1.37. The molecule has 0 unspecified atom stereocenters. The largest absolute Gasteiger partial charge is 0.381 e. The van der Waals surface area contributed by atoms with Crippen LogP contribution in [0.4, 0.5) is 5.69 Å². The highest BCUT2D eigenvalue weighted by Gasteiger charge is 2.16. The number of rotatable bonds is 5. The van der Waals surface area contributed by atoms with E-state index in [9.17, 15) is 8.42 Å². The lowest BCUT2D eigenvalue weighted by Crippen LogP contribution is -2.22. The summed E-state index contributed by atoms with van der Waals surface area (Å²) in [6.07, 6.45) is 0. The Balaban J connectivity index is 2.16. The second-order valence-electron chi connectivity index (χ2n) is 4.30. The van der Waals surface area contributed by atoms with Gasteiger partial charge in [0.1, 0.15) is 0 Å². The molecule has 2 aromatic rings. The molecule has 0 atom stereocenters. The van der Waals surface area contributed by atoms with E-state index in [0.29, 0.717) is 11.4 Å². The molecule has 0 saturated carbocycles. The van der Waals surface area contributed by atoms with Gasteiger partial charge in [0, 0.05) is 26.3 Å². The third-order valence-electron chi connectivity index (χ3n) is 2.69. The van der Waals surface area contributed by atoms with E-state index in [-0.39, 0.29) is 0 Å². The molecule has 0 fully saturated rings. The quantitative estimate of drug-likeness (QED) is 0.922. The van der Waals surface area contributed by atoms with Crippen LogP contribution in [0.1, 0.15) is 5.56 Å². The molecule has 4 nitrogen and oxygen atoms in total. The third-order valence-corrected chi connectivity index (χ3v) is 5.23. The van der Waals surface area contributed by atoms with Crippen LogP contribution in [0.2, 0.25) is 0 Å². The Bertz CT molecular complexity index is 634. The van der Waals surface area contributed by atoms with Crippen LogP contribution in [0.15, 0.2) is 46.0 Å². The second-order valence-corrected chi connectivity index (χ2v) is 7.23. The van der Waals surface area contributed by atoms with Gasteiger partial charge in [0.2, 0.25) is 10.0 Å². The first kappa shape index (κ1) is 14.0. The summed E-state index contributed by atoms with van der Waals surface area (Å²) in [6, 6.07) is 8.90. The van der Waals surface area contributed by atoms with Gasteiger partial charge >= 0.3 is 0 Å². The monoisotopic (exact) mass is 296 g/mol. The molecular formula is C13H16N2O2S2. The minimum absolute atomic E-state index is 0.299. The average molecular weight is 296 g/mol. The van der Waals surface area contributed by atoms with Crippen molar-refractivity contribution in [1.82, 2.24) is 4.31 Å². The number of sulfonamides is 1. The molecule has 1 aromatic carbocycles. The van der Waals surface area contributed by atoms with E-state index < -0.39 is 10.0 Å². The van der Waals surface area contributed by atoms with E-state index in [1.54, 1.807) is 29.5 Å². The number of nitrogens with zero attached hydrogens (tertiary/aromatic N) is 1. The van der Waals surface area contributed by atoms with E-state index in [2.05, 4.69) is 10.7 Å². The Labute approximate surface area is 117 Å². The number of anilines is 1. The van der Waals surface area contributed by atoms with Gasteiger partial charge < -0.3 is 5.32 Å². The number of hydrogen-bond acceptors (Lipinski definition) is 4. The van der Waals surface area contributed by atoms with Crippen LogP contribution in [0, 0.1) is 0 Å². The predicted molar refractivity (Wildman–Crippen MR) is 79.0 cm³/mol. The highest BCUT2D eigenvalue weighted by Crippen LogP contribution is 2.18. The van der Waals surface area contributed by atoms with Crippen molar-refractivity contribution in [1.29, 1.82) is 0 Å². The van der Waals surface area contributed by atoms with Gasteiger partial charge in [0.25, 0.3) is 0 Å². The zero-order valence-corrected chi connectivity index (χ0v) is 12.5. The highest BCUT2D eigenvalue weighted by molar-refractivity contribution is 7.89. The summed E-state index contributed by atoms with van der Waals surface area (Å²) in [5.74, 6) is 0. The topological polar surface area (TPSA) is 49.4 Å². The van der Waals surface area contributed by atoms with E-state index in [0.717, 1.165) is 5.69 Å². The second kappa shape index (κ2) is 5.73. The van der Waals surface area contributed by atoms with E-state index >= 15 is 0 Å². The van der Waals surface area contributed by atoms with Crippen LogP contribution in [0.3, 0.4) is 0 Å². The summed E-state index contributed by atoms with van der Waals surface area (Å²) >= 11 is 1.64. The summed E-state index contributed by atoms with van der Waals surface area (Å²) in [4.78, 5) is 0.299. The fraction of sp³-hybridized carbons (Fsp3) is 0.231. The SMILES string of the molecule is CN(C)S(=O)(=O)c1cccc(NCc2ccsc2)c1. The molecule has 19 heavy (non-hydrogen) atoms. The van der Waals surface area contributed by atoms with Crippen molar-refractivity contribution >= 4 is 27.0 Å². The standard InChI is InChI=1S/C13H16N2O2S2/c1-15(2)19(16,17)13-5-3-4-12(8-13)14-9-11-6-7-18-10-11/h3-8,10,14H,9H2,1-2H3. The Kier molecular flexibility index (Phi) is 4.24. The first-order valence-corrected chi connectivity index (χ1v) is 8.16. The van der Waals surface area contributed by atoms with Crippen molar-refractivity contribution in [2.45, 2.75) is 11.4 Å². The lowest BCUT2D eigenvalue weighted by molar-refractivity contribution is 0.521. The molecule has 102 valence electrons. The van der Waals surface area contributed by atoms with Gasteiger partial charge in [-0.1, -0.05) is 6.07 Å². The van der Waals surface area contributed by atoms with Crippen molar-refractivity contribution in [2.75, 3.05) is 19.4 Å². The van der Waals surface area contributed by atoms with Crippen LogP contribution in [-0.2, 0) is 16.6 Å². The molecule has 0 aliphatic rings.